The molecule has 0 aliphatic carbocycles. The number of rotatable bonds is 6. The third-order valence-electron chi connectivity index (χ3n) is 4.08. The molecule has 110 valence electrons. The standard InChI is InChI=1S/C16H25N3O/c1-2-19-10-9-13(12-19)11-18-16(20)8-7-14-5-3-4-6-15(14)17/h3-6,13H,2,7-12,17H2,1H3,(H,18,20). The second-order valence-corrected chi connectivity index (χ2v) is 5.55. The molecule has 4 nitrogen and oxygen atoms in total. The fourth-order valence-electron chi connectivity index (χ4n) is 2.72. The number of amides is 1. The van der Waals surface area contributed by atoms with Crippen LogP contribution in [0.15, 0.2) is 24.3 Å². The van der Waals surface area contributed by atoms with E-state index in [0.29, 0.717) is 18.8 Å². The summed E-state index contributed by atoms with van der Waals surface area (Å²) in [6, 6.07) is 7.74. The number of hydrogen-bond acceptors (Lipinski definition) is 3. The summed E-state index contributed by atoms with van der Waals surface area (Å²) in [6.07, 6.45) is 2.42. The average molecular weight is 275 g/mol. The highest BCUT2D eigenvalue weighted by Gasteiger charge is 2.21. The first kappa shape index (κ1) is 14.9. The van der Waals surface area contributed by atoms with Crippen molar-refractivity contribution >= 4 is 11.6 Å². The molecule has 1 fully saturated rings. The van der Waals surface area contributed by atoms with Crippen molar-refractivity contribution in [1.29, 1.82) is 0 Å². The molecule has 1 aliphatic heterocycles. The van der Waals surface area contributed by atoms with Crippen molar-refractivity contribution < 1.29 is 4.79 Å². The Hall–Kier alpha value is -1.55. The molecule has 1 heterocycles. The van der Waals surface area contributed by atoms with Crippen LogP contribution in [0.1, 0.15) is 25.3 Å². The molecule has 0 saturated carbocycles. The lowest BCUT2D eigenvalue weighted by molar-refractivity contribution is -0.121. The highest BCUT2D eigenvalue weighted by molar-refractivity contribution is 5.76. The first-order chi connectivity index (χ1) is 9.69. The number of likely N-dealkylation sites (tertiary alicyclic amines) is 1. The minimum Gasteiger partial charge on any atom is -0.399 e. The largest absolute Gasteiger partial charge is 0.399 e. The molecule has 1 aliphatic rings. The molecule has 1 amide bonds. The molecule has 20 heavy (non-hydrogen) atoms. The summed E-state index contributed by atoms with van der Waals surface area (Å²) in [5.41, 5.74) is 7.70. The number of nitrogens with zero attached hydrogens (tertiary/aromatic N) is 1. The second-order valence-electron chi connectivity index (χ2n) is 5.55. The normalized spacial score (nSPS) is 19.1. The van der Waals surface area contributed by atoms with Gasteiger partial charge in [-0.2, -0.15) is 0 Å². The van der Waals surface area contributed by atoms with Crippen molar-refractivity contribution in [2.75, 3.05) is 31.9 Å². The zero-order valence-corrected chi connectivity index (χ0v) is 12.3. The van der Waals surface area contributed by atoms with Crippen molar-refractivity contribution in [3.05, 3.63) is 29.8 Å². The lowest BCUT2D eigenvalue weighted by atomic mass is 10.1. The van der Waals surface area contributed by atoms with Crippen molar-refractivity contribution in [2.24, 2.45) is 5.92 Å². The summed E-state index contributed by atoms with van der Waals surface area (Å²) >= 11 is 0. The van der Waals surface area contributed by atoms with Crippen LogP contribution in [-0.2, 0) is 11.2 Å². The molecule has 0 aromatic heterocycles. The predicted molar refractivity (Wildman–Crippen MR) is 82.4 cm³/mol. The molecule has 0 spiro atoms. The average Bonchev–Trinajstić information content (AvgIpc) is 2.92. The molecule has 1 aromatic rings. The van der Waals surface area contributed by atoms with E-state index in [2.05, 4.69) is 17.1 Å². The van der Waals surface area contributed by atoms with Crippen LogP contribution in [0, 0.1) is 5.92 Å². The predicted octanol–water partition coefficient (Wildman–Crippen LogP) is 1.66. The number of para-hydroxylation sites is 1. The van der Waals surface area contributed by atoms with Gasteiger partial charge in [0.25, 0.3) is 0 Å². The molecule has 1 saturated heterocycles. The smallest absolute Gasteiger partial charge is 0.220 e. The molecule has 4 heteroatoms. The van der Waals surface area contributed by atoms with Gasteiger partial charge in [-0.3, -0.25) is 4.79 Å². The number of carbonyl (C=O) groups excluding carboxylic acids is 1. The van der Waals surface area contributed by atoms with Crippen molar-refractivity contribution in [3.63, 3.8) is 0 Å². The van der Waals surface area contributed by atoms with Crippen molar-refractivity contribution in [2.45, 2.75) is 26.2 Å². The zero-order chi connectivity index (χ0) is 14.4. The van der Waals surface area contributed by atoms with E-state index in [1.807, 2.05) is 24.3 Å². The van der Waals surface area contributed by atoms with E-state index in [0.717, 1.165) is 37.4 Å². The Morgan fingerprint density at radius 3 is 2.95 bits per heavy atom. The minimum atomic E-state index is 0.128. The summed E-state index contributed by atoms with van der Waals surface area (Å²) in [7, 11) is 0. The number of nitrogens with two attached hydrogens (primary N) is 1. The van der Waals surface area contributed by atoms with E-state index >= 15 is 0 Å². The molecular weight excluding hydrogens is 250 g/mol. The van der Waals surface area contributed by atoms with E-state index in [1.54, 1.807) is 0 Å². The number of benzene rings is 1. The molecule has 1 aromatic carbocycles. The van der Waals surface area contributed by atoms with Crippen LogP contribution >= 0.6 is 0 Å². The summed E-state index contributed by atoms with van der Waals surface area (Å²) in [5, 5.41) is 3.05. The zero-order valence-electron chi connectivity index (χ0n) is 12.3. The first-order valence-electron chi connectivity index (χ1n) is 7.51. The Balaban J connectivity index is 1.67. The van der Waals surface area contributed by atoms with Gasteiger partial charge in [0, 0.05) is 25.2 Å². The van der Waals surface area contributed by atoms with Gasteiger partial charge in [0.15, 0.2) is 0 Å². The summed E-state index contributed by atoms with van der Waals surface area (Å²) in [4.78, 5) is 14.3. The van der Waals surface area contributed by atoms with Gasteiger partial charge in [-0.05, 0) is 43.5 Å². The first-order valence-corrected chi connectivity index (χ1v) is 7.51. The Bertz CT molecular complexity index is 447. The van der Waals surface area contributed by atoms with E-state index < -0.39 is 0 Å². The van der Waals surface area contributed by atoms with Gasteiger partial charge in [-0.1, -0.05) is 25.1 Å². The molecule has 0 radical (unpaired) electrons. The fraction of sp³-hybridized carbons (Fsp3) is 0.562. The lowest BCUT2D eigenvalue weighted by Crippen LogP contribution is -2.31. The molecule has 2 rings (SSSR count). The van der Waals surface area contributed by atoms with Crippen LogP contribution in [0.4, 0.5) is 5.69 Å². The third-order valence-corrected chi connectivity index (χ3v) is 4.08. The van der Waals surface area contributed by atoms with Crippen LogP contribution in [-0.4, -0.2) is 37.0 Å². The van der Waals surface area contributed by atoms with Crippen LogP contribution < -0.4 is 11.1 Å². The lowest BCUT2D eigenvalue weighted by Gasteiger charge is -2.13. The number of hydrogen-bond donors (Lipinski definition) is 2. The van der Waals surface area contributed by atoms with Gasteiger partial charge >= 0.3 is 0 Å². The minimum absolute atomic E-state index is 0.128. The Morgan fingerprint density at radius 2 is 2.25 bits per heavy atom. The van der Waals surface area contributed by atoms with Gasteiger partial charge in [0.05, 0.1) is 0 Å². The van der Waals surface area contributed by atoms with Gasteiger partial charge in [-0.15, -0.1) is 0 Å². The number of nitrogens with one attached hydrogen (secondary N) is 1. The number of nitrogen functional groups attached to an aromatic ring is 1. The summed E-state index contributed by atoms with van der Waals surface area (Å²) in [6.45, 7) is 6.38. The monoisotopic (exact) mass is 275 g/mol. The van der Waals surface area contributed by atoms with E-state index in [4.69, 9.17) is 5.73 Å². The van der Waals surface area contributed by atoms with Crippen LogP contribution in [0.3, 0.4) is 0 Å². The highest BCUT2D eigenvalue weighted by atomic mass is 16.1. The number of carbonyl (C=O) groups is 1. The summed E-state index contributed by atoms with van der Waals surface area (Å²) in [5.74, 6) is 0.740. The maximum Gasteiger partial charge on any atom is 0.220 e. The van der Waals surface area contributed by atoms with Crippen molar-refractivity contribution in [1.82, 2.24) is 10.2 Å². The number of aryl methyl sites for hydroxylation is 1. The van der Waals surface area contributed by atoms with Gasteiger partial charge in [-0.25, -0.2) is 0 Å². The summed E-state index contributed by atoms with van der Waals surface area (Å²) < 4.78 is 0. The molecule has 1 atom stereocenters. The Morgan fingerprint density at radius 1 is 1.45 bits per heavy atom. The van der Waals surface area contributed by atoms with Gasteiger partial charge < -0.3 is 16.0 Å². The van der Waals surface area contributed by atoms with Crippen LogP contribution in [0.25, 0.3) is 0 Å². The third kappa shape index (κ3) is 4.23. The van der Waals surface area contributed by atoms with Crippen molar-refractivity contribution in [3.8, 4) is 0 Å². The quantitative estimate of drug-likeness (QED) is 0.776. The molecule has 3 N–H and O–H groups in total. The fourth-order valence-corrected chi connectivity index (χ4v) is 2.72. The van der Waals surface area contributed by atoms with Crippen LogP contribution in [0.2, 0.25) is 0 Å². The van der Waals surface area contributed by atoms with E-state index in [-0.39, 0.29) is 5.91 Å². The van der Waals surface area contributed by atoms with Gasteiger partial charge in [0.2, 0.25) is 5.91 Å². The van der Waals surface area contributed by atoms with E-state index in [9.17, 15) is 4.79 Å². The molecule has 0 bridgehead atoms. The maximum atomic E-state index is 11.9. The number of anilines is 1. The SMILES string of the molecule is CCN1CCC(CNC(=O)CCc2ccccc2N)C1. The molecular formula is C16H25N3O. The maximum absolute atomic E-state index is 11.9. The Labute approximate surface area is 121 Å². The van der Waals surface area contributed by atoms with Gasteiger partial charge in [0.1, 0.15) is 0 Å². The second kappa shape index (κ2) is 7.29. The molecule has 1 unspecified atom stereocenters. The van der Waals surface area contributed by atoms with Crippen LogP contribution in [0.5, 0.6) is 0 Å². The topological polar surface area (TPSA) is 58.4 Å². The highest BCUT2D eigenvalue weighted by Crippen LogP contribution is 2.15. The Kier molecular flexibility index (Phi) is 5.41. The van der Waals surface area contributed by atoms with E-state index in [1.165, 1.54) is 6.42 Å².